The van der Waals surface area contributed by atoms with Crippen molar-refractivity contribution in [1.29, 1.82) is 0 Å². The van der Waals surface area contributed by atoms with Crippen LogP contribution in [-0.2, 0) is 11.8 Å². The van der Waals surface area contributed by atoms with Crippen LogP contribution >= 0.6 is 0 Å². The normalized spacial score (nSPS) is 18.3. The molecule has 0 aromatic carbocycles. The van der Waals surface area contributed by atoms with Crippen molar-refractivity contribution in [1.82, 2.24) is 19.4 Å². The van der Waals surface area contributed by atoms with Crippen LogP contribution in [0.5, 0.6) is 0 Å². The molecule has 0 radical (unpaired) electrons. The summed E-state index contributed by atoms with van der Waals surface area (Å²) < 4.78 is 7.62. The van der Waals surface area contributed by atoms with Gasteiger partial charge in [0.1, 0.15) is 23.3 Å². The second kappa shape index (κ2) is 6.15. The molecule has 7 heteroatoms. The molecule has 0 spiro atoms. The summed E-state index contributed by atoms with van der Waals surface area (Å²) >= 11 is 0. The largest absolute Gasteiger partial charge is 0.372 e. The molecule has 0 unspecified atom stereocenters. The van der Waals surface area contributed by atoms with Crippen molar-refractivity contribution in [3.63, 3.8) is 0 Å². The number of carbonyl (C=O) groups is 1. The number of anilines is 1. The maximum Gasteiger partial charge on any atom is 0.270 e. The van der Waals surface area contributed by atoms with Gasteiger partial charge < -0.3 is 19.5 Å². The molecule has 1 atom stereocenters. The number of nitrogens with one attached hydrogen (secondary N) is 1. The summed E-state index contributed by atoms with van der Waals surface area (Å²) in [7, 11) is 3.66. The minimum absolute atomic E-state index is 0.00991. The summed E-state index contributed by atoms with van der Waals surface area (Å²) in [5, 5.41) is 3.01. The lowest BCUT2D eigenvalue weighted by molar-refractivity contribution is -0.0248. The van der Waals surface area contributed by atoms with E-state index in [4.69, 9.17) is 4.74 Å². The summed E-state index contributed by atoms with van der Waals surface area (Å²) in [6.07, 6.45) is 4.87. The van der Waals surface area contributed by atoms with Gasteiger partial charge in [-0.1, -0.05) is 0 Å². The first-order valence-corrected chi connectivity index (χ1v) is 7.21. The molecular formula is C15H19N5O2. The maximum atomic E-state index is 12.6. The van der Waals surface area contributed by atoms with Gasteiger partial charge in [0.15, 0.2) is 0 Å². The zero-order valence-electron chi connectivity index (χ0n) is 12.7. The molecule has 7 nitrogen and oxygen atoms in total. The first-order chi connectivity index (χ1) is 10.7. The number of carbonyl (C=O) groups excluding carboxylic acids is 1. The fourth-order valence-corrected chi connectivity index (χ4v) is 2.62. The van der Waals surface area contributed by atoms with E-state index in [1.54, 1.807) is 24.3 Å². The minimum Gasteiger partial charge on any atom is -0.372 e. The van der Waals surface area contributed by atoms with Crippen molar-refractivity contribution in [2.24, 2.45) is 7.05 Å². The van der Waals surface area contributed by atoms with Crippen LogP contribution in [0, 0.1) is 0 Å². The van der Waals surface area contributed by atoms with Gasteiger partial charge in [-0.05, 0) is 12.1 Å². The molecule has 1 aliphatic rings. The Hall–Kier alpha value is -2.41. The van der Waals surface area contributed by atoms with Crippen LogP contribution in [0.2, 0.25) is 0 Å². The van der Waals surface area contributed by atoms with Gasteiger partial charge >= 0.3 is 0 Å². The van der Waals surface area contributed by atoms with Crippen LogP contribution in [0.25, 0.3) is 0 Å². The Morgan fingerprint density at radius 1 is 1.41 bits per heavy atom. The van der Waals surface area contributed by atoms with Crippen molar-refractivity contribution in [3.05, 3.63) is 42.1 Å². The van der Waals surface area contributed by atoms with E-state index >= 15 is 0 Å². The predicted molar refractivity (Wildman–Crippen MR) is 81.6 cm³/mol. The van der Waals surface area contributed by atoms with Gasteiger partial charge in [0.2, 0.25) is 0 Å². The van der Waals surface area contributed by atoms with Crippen LogP contribution in [-0.4, -0.2) is 52.1 Å². The molecule has 22 heavy (non-hydrogen) atoms. The molecule has 2 aromatic heterocycles. The van der Waals surface area contributed by atoms with E-state index in [-0.39, 0.29) is 12.0 Å². The Bertz CT molecular complexity index is 669. The summed E-state index contributed by atoms with van der Waals surface area (Å²) in [4.78, 5) is 23.0. The molecule has 1 fully saturated rings. The fraction of sp³-hybridized carbons (Fsp3) is 0.400. The number of ether oxygens (including phenoxy) is 1. The zero-order valence-corrected chi connectivity index (χ0v) is 12.7. The van der Waals surface area contributed by atoms with Crippen molar-refractivity contribution in [3.8, 4) is 0 Å². The van der Waals surface area contributed by atoms with E-state index in [0.717, 1.165) is 5.69 Å². The Balaban J connectivity index is 1.80. The highest BCUT2D eigenvalue weighted by atomic mass is 16.5. The van der Waals surface area contributed by atoms with Crippen molar-refractivity contribution >= 4 is 11.7 Å². The first kappa shape index (κ1) is 14.5. The monoisotopic (exact) mass is 301 g/mol. The molecule has 1 saturated heterocycles. The molecule has 116 valence electrons. The maximum absolute atomic E-state index is 12.6. The molecule has 1 amide bonds. The fourth-order valence-electron chi connectivity index (χ4n) is 2.62. The third-order valence-corrected chi connectivity index (χ3v) is 3.78. The predicted octanol–water partition coefficient (Wildman–Crippen LogP) is 1.07. The van der Waals surface area contributed by atoms with Gasteiger partial charge in [-0.25, -0.2) is 4.98 Å². The lowest BCUT2D eigenvalue weighted by Gasteiger charge is -2.33. The number of hydrogen-bond acceptors (Lipinski definition) is 5. The quantitative estimate of drug-likeness (QED) is 0.918. The summed E-state index contributed by atoms with van der Waals surface area (Å²) in [6, 6.07) is 3.70. The highest BCUT2D eigenvalue weighted by Crippen LogP contribution is 2.25. The third kappa shape index (κ3) is 2.67. The lowest BCUT2D eigenvalue weighted by Crippen LogP contribution is -2.43. The summed E-state index contributed by atoms with van der Waals surface area (Å²) in [5.41, 5.74) is 1.41. The van der Waals surface area contributed by atoms with Gasteiger partial charge in [-0.3, -0.25) is 9.78 Å². The van der Waals surface area contributed by atoms with Crippen molar-refractivity contribution < 1.29 is 9.53 Å². The number of amides is 1. The zero-order chi connectivity index (χ0) is 15.5. The number of rotatable bonds is 3. The van der Waals surface area contributed by atoms with Crippen molar-refractivity contribution in [2.75, 3.05) is 32.1 Å². The molecule has 1 aliphatic heterocycles. The Morgan fingerprint density at radius 2 is 2.23 bits per heavy atom. The summed E-state index contributed by atoms with van der Waals surface area (Å²) in [5.74, 6) is 0.691. The third-order valence-electron chi connectivity index (χ3n) is 3.78. The SMILES string of the molecule is CNc1nccnc1[C@@H]1CN(C(=O)c2cccn2C)CCO1. The van der Waals surface area contributed by atoms with Crippen LogP contribution in [0.4, 0.5) is 5.82 Å². The molecule has 0 aliphatic carbocycles. The van der Waals surface area contributed by atoms with E-state index in [2.05, 4.69) is 15.3 Å². The van der Waals surface area contributed by atoms with Crippen LogP contribution in [0.15, 0.2) is 30.7 Å². The number of aromatic nitrogens is 3. The second-order valence-corrected chi connectivity index (χ2v) is 5.16. The Labute approximate surface area is 128 Å². The smallest absolute Gasteiger partial charge is 0.270 e. The standard InChI is InChI=1S/C15H19N5O2/c1-16-14-13(17-5-6-18-14)12-10-20(8-9-22-12)15(21)11-4-3-7-19(11)2/h3-7,12H,8-10H2,1-2H3,(H,16,18)/t12-/m0/s1. The van der Waals surface area contributed by atoms with Crippen LogP contribution < -0.4 is 5.32 Å². The number of morpholine rings is 1. The first-order valence-electron chi connectivity index (χ1n) is 7.21. The van der Waals surface area contributed by atoms with Gasteiger partial charge in [-0.15, -0.1) is 0 Å². The van der Waals surface area contributed by atoms with E-state index < -0.39 is 0 Å². The van der Waals surface area contributed by atoms with Gasteiger partial charge in [0.25, 0.3) is 5.91 Å². The molecule has 3 rings (SSSR count). The molecule has 0 bridgehead atoms. The average Bonchev–Trinajstić information content (AvgIpc) is 3.00. The van der Waals surface area contributed by atoms with E-state index in [1.165, 1.54) is 0 Å². The molecular weight excluding hydrogens is 282 g/mol. The highest BCUT2D eigenvalue weighted by molar-refractivity contribution is 5.92. The van der Waals surface area contributed by atoms with Crippen LogP contribution in [0.1, 0.15) is 22.3 Å². The molecule has 1 N–H and O–H groups in total. The Morgan fingerprint density at radius 3 is 2.95 bits per heavy atom. The average molecular weight is 301 g/mol. The minimum atomic E-state index is -0.269. The van der Waals surface area contributed by atoms with Crippen molar-refractivity contribution in [2.45, 2.75) is 6.10 Å². The van der Waals surface area contributed by atoms with Gasteiger partial charge in [0.05, 0.1) is 13.2 Å². The topological polar surface area (TPSA) is 72.3 Å². The second-order valence-electron chi connectivity index (χ2n) is 5.16. The van der Waals surface area contributed by atoms with E-state index in [0.29, 0.717) is 31.2 Å². The van der Waals surface area contributed by atoms with E-state index in [9.17, 15) is 4.79 Å². The van der Waals surface area contributed by atoms with Crippen LogP contribution in [0.3, 0.4) is 0 Å². The number of nitrogens with zero attached hydrogens (tertiary/aromatic N) is 4. The molecule has 2 aromatic rings. The highest BCUT2D eigenvalue weighted by Gasteiger charge is 2.29. The van der Waals surface area contributed by atoms with Gasteiger partial charge in [-0.2, -0.15) is 0 Å². The summed E-state index contributed by atoms with van der Waals surface area (Å²) in [6.45, 7) is 1.54. The molecule has 0 saturated carbocycles. The number of hydrogen-bond donors (Lipinski definition) is 1. The lowest BCUT2D eigenvalue weighted by atomic mass is 10.2. The van der Waals surface area contributed by atoms with Gasteiger partial charge in [0, 0.05) is 39.2 Å². The molecule has 3 heterocycles. The number of aryl methyl sites for hydroxylation is 1. The van der Waals surface area contributed by atoms with E-state index in [1.807, 2.05) is 29.9 Å². The Kier molecular flexibility index (Phi) is 4.06.